The molecule has 5 heteroatoms. The predicted molar refractivity (Wildman–Crippen MR) is 99.8 cm³/mol. The molecule has 0 fully saturated rings. The Kier molecular flexibility index (Phi) is 5.65. The zero-order valence-electron chi connectivity index (χ0n) is 13.3. The first-order chi connectivity index (χ1) is 12.2. The molecule has 0 bridgehead atoms. The second kappa shape index (κ2) is 8.31. The molecule has 3 nitrogen and oxygen atoms in total. The lowest BCUT2D eigenvalue weighted by Gasteiger charge is -2.10. The van der Waals surface area contributed by atoms with Crippen molar-refractivity contribution in [2.45, 2.75) is 6.61 Å². The van der Waals surface area contributed by atoms with Crippen LogP contribution in [0.3, 0.4) is 0 Å². The first-order valence-corrected chi connectivity index (χ1v) is 8.09. The molecule has 0 aliphatic rings. The van der Waals surface area contributed by atoms with Gasteiger partial charge in [0.1, 0.15) is 18.2 Å². The molecule has 126 valence electrons. The second-order valence-corrected chi connectivity index (χ2v) is 5.77. The molecule has 3 aromatic rings. The van der Waals surface area contributed by atoms with E-state index in [0.29, 0.717) is 16.3 Å². The standard InChI is InChI=1S/C20H16ClFN2O/c21-17-6-4-5-15(11-17)14-25-20-12-18(22)10-9-16(20)13-23-24-19-7-2-1-3-8-19/h1-13,24H,14H2. The van der Waals surface area contributed by atoms with E-state index in [1.54, 1.807) is 18.3 Å². The van der Waals surface area contributed by atoms with Crippen LogP contribution in [0.5, 0.6) is 5.75 Å². The first kappa shape index (κ1) is 17.0. The quantitative estimate of drug-likeness (QED) is 0.468. The Hall–Kier alpha value is -2.85. The molecule has 3 aromatic carbocycles. The van der Waals surface area contributed by atoms with E-state index >= 15 is 0 Å². The van der Waals surface area contributed by atoms with E-state index < -0.39 is 0 Å². The highest BCUT2D eigenvalue weighted by Crippen LogP contribution is 2.21. The summed E-state index contributed by atoms with van der Waals surface area (Å²) in [5, 5.41) is 4.81. The van der Waals surface area contributed by atoms with Crippen molar-refractivity contribution >= 4 is 23.5 Å². The Bertz CT molecular complexity index is 869. The van der Waals surface area contributed by atoms with Crippen molar-refractivity contribution in [2.75, 3.05) is 5.43 Å². The fourth-order valence-electron chi connectivity index (χ4n) is 2.22. The van der Waals surface area contributed by atoms with E-state index in [1.165, 1.54) is 12.1 Å². The molecule has 0 heterocycles. The van der Waals surface area contributed by atoms with E-state index in [0.717, 1.165) is 11.3 Å². The van der Waals surface area contributed by atoms with Crippen LogP contribution in [0, 0.1) is 5.82 Å². The highest BCUT2D eigenvalue weighted by molar-refractivity contribution is 6.30. The molecular weight excluding hydrogens is 339 g/mol. The molecule has 3 rings (SSSR count). The van der Waals surface area contributed by atoms with Crippen molar-refractivity contribution in [1.29, 1.82) is 0 Å². The third-order valence-electron chi connectivity index (χ3n) is 3.43. The number of halogens is 2. The SMILES string of the molecule is Fc1ccc(C=NNc2ccccc2)c(OCc2cccc(Cl)c2)c1. The highest BCUT2D eigenvalue weighted by Gasteiger charge is 2.05. The van der Waals surface area contributed by atoms with E-state index in [1.807, 2.05) is 48.5 Å². The van der Waals surface area contributed by atoms with Crippen molar-refractivity contribution in [3.05, 3.63) is 94.8 Å². The van der Waals surface area contributed by atoms with Gasteiger partial charge in [-0.2, -0.15) is 5.10 Å². The summed E-state index contributed by atoms with van der Waals surface area (Å²) in [6.07, 6.45) is 1.60. The molecule has 0 unspecified atom stereocenters. The van der Waals surface area contributed by atoms with Crippen LogP contribution < -0.4 is 10.2 Å². The molecule has 0 aromatic heterocycles. The largest absolute Gasteiger partial charge is 0.488 e. The van der Waals surface area contributed by atoms with Gasteiger partial charge in [0.15, 0.2) is 0 Å². The minimum atomic E-state index is -0.366. The molecule has 0 aliphatic carbocycles. The Balaban J connectivity index is 1.71. The predicted octanol–water partition coefficient (Wildman–Crippen LogP) is 5.50. The Morgan fingerprint density at radius 3 is 2.64 bits per heavy atom. The van der Waals surface area contributed by atoms with Gasteiger partial charge < -0.3 is 4.74 Å². The first-order valence-electron chi connectivity index (χ1n) is 7.71. The summed E-state index contributed by atoms with van der Waals surface area (Å²) in [6, 6.07) is 21.2. The van der Waals surface area contributed by atoms with E-state index in [-0.39, 0.29) is 12.4 Å². The summed E-state index contributed by atoms with van der Waals surface area (Å²) >= 11 is 5.96. The Morgan fingerprint density at radius 1 is 1.00 bits per heavy atom. The molecule has 0 spiro atoms. The number of ether oxygens (including phenoxy) is 1. The minimum absolute atomic E-state index is 0.289. The maximum absolute atomic E-state index is 13.6. The number of rotatable bonds is 6. The zero-order valence-corrected chi connectivity index (χ0v) is 14.1. The molecule has 0 aliphatic heterocycles. The van der Waals surface area contributed by atoms with Gasteiger partial charge in [-0.15, -0.1) is 0 Å². The van der Waals surface area contributed by atoms with Gasteiger partial charge in [0, 0.05) is 16.7 Å². The summed E-state index contributed by atoms with van der Waals surface area (Å²) in [5.41, 5.74) is 5.36. The molecular formula is C20H16ClFN2O. The van der Waals surface area contributed by atoms with E-state index in [4.69, 9.17) is 16.3 Å². The number of anilines is 1. The van der Waals surface area contributed by atoms with Crippen LogP contribution in [0.1, 0.15) is 11.1 Å². The minimum Gasteiger partial charge on any atom is -0.488 e. The van der Waals surface area contributed by atoms with Crippen LogP contribution in [0.4, 0.5) is 10.1 Å². The van der Waals surface area contributed by atoms with Crippen LogP contribution in [-0.4, -0.2) is 6.21 Å². The lowest BCUT2D eigenvalue weighted by molar-refractivity contribution is 0.304. The van der Waals surface area contributed by atoms with Crippen molar-refractivity contribution in [1.82, 2.24) is 0 Å². The highest BCUT2D eigenvalue weighted by atomic mass is 35.5. The average Bonchev–Trinajstić information content (AvgIpc) is 2.62. The second-order valence-electron chi connectivity index (χ2n) is 5.34. The van der Waals surface area contributed by atoms with E-state index in [9.17, 15) is 4.39 Å². The van der Waals surface area contributed by atoms with Crippen molar-refractivity contribution < 1.29 is 9.13 Å². The van der Waals surface area contributed by atoms with Crippen LogP contribution >= 0.6 is 11.6 Å². The number of hydrogen-bond donors (Lipinski definition) is 1. The summed E-state index contributed by atoms with van der Waals surface area (Å²) < 4.78 is 19.3. The lowest BCUT2D eigenvalue weighted by Crippen LogP contribution is -2.00. The van der Waals surface area contributed by atoms with Gasteiger partial charge in [0.2, 0.25) is 0 Å². The average molecular weight is 355 g/mol. The maximum Gasteiger partial charge on any atom is 0.131 e. The van der Waals surface area contributed by atoms with Crippen molar-refractivity contribution in [3.8, 4) is 5.75 Å². The number of hydrazone groups is 1. The molecule has 0 saturated carbocycles. The fraction of sp³-hybridized carbons (Fsp3) is 0.0500. The number of nitrogens with one attached hydrogen (secondary N) is 1. The van der Waals surface area contributed by atoms with Crippen LogP contribution in [0.25, 0.3) is 0 Å². The smallest absolute Gasteiger partial charge is 0.131 e. The van der Waals surface area contributed by atoms with Gasteiger partial charge in [-0.05, 0) is 42.0 Å². The molecule has 0 amide bonds. The number of nitrogens with zero attached hydrogens (tertiary/aromatic N) is 1. The third-order valence-corrected chi connectivity index (χ3v) is 3.67. The summed E-state index contributed by atoms with van der Waals surface area (Å²) in [4.78, 5) is 0. The van der Waals surface area contributed by atoms with Crippen LogP contribution in [0.2, 0.25) is 5.02 Å². The normalized spacial score (nSPS) is 10.8. The van der Waals surface area contributed by atoms with Gasteiger partial charge in [-0.3, -0.25) is 5.43 Å². The van der Waals surface area contributed by atoms with E-state index in [2.05, 4.69) is 10.5 Å². The monoisotopic (exact) mass is 354 g/mol. The number of para-hydroxylation sites is 1. The summed E-state index contributed by atoms with van der Waals surface area (Å²) in [5.74, 6) is 0.0489. The molecule has 0 radical (unpaired) electrons. The van der Waals surface area contributed by atoms with Crippen LogP contribution in [0.15, 0.2) is 77.9 Å². The van der Waals surface area contributed by atoms with Gasteiger partial charge in [0.05, 0.1) is 11.9 Å². The fourth-order valence-corrected chi connectivity index (χ4v) is 2.43. The topological polar surface area (TPSA) is 33.6 Å². The Morgan fingerprint density at radius 2 is 1.84 bits per heavy atom. The van der Waals surface area contributed by atoms with Crippen molar-refractivity contribution in [2.24, 2.45) is 5.10 Å². The Labute approximate surface area is 150 Å². The zero-order chi connectivity index (χ0) is 17.5. The summed E-state index contributed by atoms with van der Waals surface area (Å²) in [7, 11) is 0. The molecule has 1 N–H and O–H groups in total. The van der Waals surface area contributed by atoms with Crippen molar-refractivity contribution in [3.63, 3.8) is 0 Å². The van der Waals surface area contributed by atoms with Gasteiger partial charge in [0.25, 0.3) is 0 Å². The molecule has 0 atom stereocenters. The number of benzene rings is 3. The summed E-state index contributed by atoms with van der Waals surface area (Å²) in [6.45, 7) is 0.289. The molecule has 25 heavy (non-hydrogen) atoms. The molecule has 0 saturated heterocycles. The van der Waals surface area contributed by atoms with Gasteiger partial charge in [-0.25, -0.2) is 4.39 Å². The maximum atomic E-state index is 13.6. The van der Waals surface area contributed by atoms with Crippen LogP contribution in [-0.2, 0) is 6.61 Å². The number of hydrogen-bond acceptors (Lipinski definition) is 3. The van der Waals surface area contributed by atoms with Gasteiger partial charge in [-0.1, -0.05) is 41.9 Å². The lowest BCUT2D eigenvalue weighted by atomic mass is 10.2. The third kappa shape index (κ3) is 5.06. The van der Waals surface area contributed by atoms with Gasteiger partial charge >= 0.3 is 0 Å².